The molecular formula is C16H16N8O. The van der Waals surface area contributed by atoms with Crippen LogP contribution in [0.2, 0.25) is 0 Å². The molecule has 0 spiro atoms. The minimum atomic E-state index is -0.237. The Bertz CT molecular complexity index is 1030. The van der Waals surface area contributed by atoms with Crippen molar-refractivity contribution in [3.05, 3.63) is 48.3 Å². The summed E-state index contributed by atoms with van der Waals surface area (Å²) in [5.74, 6) is 0.753. The van der Waals surface area contributed by atoms with Crippen molar-refractivity contribution < 1.29 is 4.79 Å². The van der Waals surface area contributed by atoms with E-state index in [4.69, 9.17) is 0 Å². The SMILES string of the molecule is CC(C)n1ncc2cc(C(=O)NCc3nc4ncccn4n3)cnc21. The maximum Gasteiger partial charge on any atom is 0.253 e. The maximum atomic E-state index is 12.4. The van der Waals surface area contributed by atoms with E-state index in [2.05, 4.69) is 30.5 Å². The van der Waals surface area contributed by atoms with Crippen molar-refractivity contribution in [2.75, 3.05) is 0 Å². The fraction of sp³-hybridized carbons (Fsp3) is 0.250. The summed E-state index contributed by atoms with van der Waals surface area (Å²) in [6, 6.07) is 3.75. The topological polar surface area (TPSA) is 103 Å². The highest BCUT2D eigenvalue weighted by atomic mass is 16.1. The predicted molar refractivity (Wildman–Crippen MR) is 89.9 cm³/mol. The van der Waals surface area contributed by atoms with Crippen LogP contribution in [0.4, 0.5) is 0 Å². The van der Waals surface area contributed by atoms with Crippen LogP contribution >= 0.6 is 0 Å². The molecule has 0 aliphatic carbocycles. The summed E-state index contributed by atoms with van der Waals surface area (Å²) in [6.45, 7) is 4.28. The number of rotatable bonds is 4. The third-order valence-corrected chi connectivity index (χ3v) is 3.75. The highest BCUT2D eigenvalue weighted by molar-refractivity contribution is 5.96. The number of amides is 1. The van der Waals surface area contributed by atoms with E-state index in [-0.39, 0.29) is 18.5 Å². The molecule has 0 atom stereocenters. The van der Waals surface area contributed by atoms with E-state index in [0.29, 0.717) is 17.2 Å². The van der Waals surface area contributed by atoms with E-state index in [1.165, 1.54) is 0 Å². The van der Waals surface area contributed by atoms with Gasteiger partial charge in [0, 0.05) is 30.0 Å². The Labute approximate surface area is 142 Å². The minimum Gasteiger partial charge on any atom is -0.345 e. The Morgan fingerprint density at radius 2 is 2.16 bits per heavy atom. The van der Waals surface area contributed by atoms with Crippen LogP contribution in [0, 0.1) is 0 Å². The fourth-order valence-corrected chi connectivity index (χ4v) is 2.55. The lowest BCUT2D eigenvalue weighted by atomic mass is 10.2. The Morgan fingerprint density at radius 1 is 1.28 bits per heavy atom. The molecule has 0 bridgehead atoms. The first-order valence-electron chi connectivity index (χ1n) is 7.89. The summed E-state index contributed by atoms with van der Waals surface area (Å²) in [7, 11) is 0. The van der Waals surface area contributed by atoms with Crippen molar-refractivity contribution in [1.29, 1.82) is 0 Å². The van der Waals surface area contributed by atoms with Crippen molar-refractivity contribution >= 4 is 22.7 Å². The summed E-state index contributed by atoms with van der Waals surface area (Å²) >= 11 is 0. The van der Waals surface area contributed by atoms with Crippen LogP contribution in [-0.2, 0) is 6.54 Å². The lowest BCUT2D eigenvalue weighted by molar-refractivity contribution is 0.0949. The molecule has 0 aromatic carbocycles. The number of nitrogens with zero attached hydrogens (tertiary/aromatic N) is 7. The second kappa shape index (κ2) is 5.93. The molecule has 4 aromatic rings. The standard InChI is InChI=1S/C16H16N8O/c1-10(2)24-14-11(8-20-24)6-12(7-18-14)15(25)19-9-13-21-16-17-4-3-5-23(16)22-13/h3-8,10H,9H2,1-2H3,(H,19,25). The second-order valence-corrected chi connectivity index (χ2v) is 5.89. The van der Waals surface area contributed by atoms with Gasteiger partial charge in [0.15, 0.2) is 11.5 Å². The predicted octanol–water partition coefficient (Wildman–Crippen LogP) is 1.38. The Hall–Kier alpha value is -3.36. The lowest BCUT2D eigenvalue weighted by Crippen LogP contribution is -2.23. The van der Waals surface area contributed by atoms with Gasteiger partial charge in [0.25, 0.3) is 11.7 Å². The van der Waals surface area contributed by atoms with Crippen LogP contribution in [0.25, 0.3) is 16.8 Å². The molecule has 0 aliphatic rings. The van der Waals surface area contributed by atoms with Crippen molar-refractivity contribution in [3.8, 4) is 0 Å². The van der Waals surface area contributed by atoms with E-state index in [1.54, 1.807) is 41.4 Å². The van der Waals surface area contributed by atoms with Gasteiger partial charge < -0.3 is 5.32 Å². The molecule has 0 saturated heterocycles. The van der Waals surface area contributed by atoms with Crippen molar-refractivity contribution in [3.63, 3.8) is 0 Å². The van der Waals surface area contributed by atoms with Crippen molar-refractivity contribution in [2.24, 2.45) is 0 Å². The van der Waals surface area contributed by atoms with E-state index in [0.717, 1.165) is 11.0 Å². The zero-order valence-electron chi connectivity index (χ0n) is 13.8. The van der Waals surface area contributed by atoms with E-state index in [1.807, 2.05) is 18.5 Å². The molecule has 0 aliphatic heterocycles. The third-order valence-electron chi connectivity index (χ3n) is 3.75. The van der Waals surface area contributed by atoms with Gasteiger partial charge in [0.05, 0.1) is 18.3 Å². The summed E-state index contributed by atoms with van der Waals surface area (Å²) in [5, 5.41) is 12.2. The van der Waals surface area contributed by atoms with E-state index >= 15 is 0 Å². The summed E-state index contributed by atoms with van der Waals surface area (Å²) < 4.78 is 3.39. The lowest BCUT2D eigenvalue weighted by Gasteiger charge is -2.06. The summed E-state index contributed by atoms with van der Waals surface area (Å²) in [6.07, 6.45) is 6.67. The highest BCUT2D eigenvalue weighted by Gasteiger charge is 2.12. The first kappa shape index (κ1) is 15.2. The van der Waals surface area contributed by atoms with Gasteiger partial charge in [0.2, 0.25) is 0 Å². The molecule has 0 unspecified atom stereocenters. The normalized spacial score (nSPS) is 11.5. The molecular weight excluding hydrogens is 320 g/mol. The average molecular weight is 336 g/mol. The van der Waals surface area contributed by atoms with Gasteiger partial charge in [-0.25, -0.2) is 19.2 Å². The average Bonchev–Trinajstić information content (AvgIpc) is 3.22. The first-order chi connectivity index (χ1) is 12.1. The first-order valence-corrected chi connectivity index (χ1v) is 7.89. The monoisotopic (exact) mass is 336 g/mol. The fourth-order valence-electron chi connectivity index (χ4n) is 2.55. The van der Waals surface area contributed by atoms with Crippen LogP contribution in [-0.4, -0.2) is 40.3 Å². The van der Waals surface area contributed by atoms with E-state index < -0.39 is 0 Å². The number of hydrogen-bond donors (Lipinski definition) is 1. The third kappa shape index (κ3) is 2.80. The molecule has 4 rings (SSSR count). The van der Waals surface area contributed by atoms with E-state index in [9.17, 15) is 4.79 Å². The molecule has 126 valence electrons. The number of nitrogens with one attached hydrogen (secondary N) is 1. The van der Waals surface area contributed by atoms with Gasteiger partial charge in [-0.15, -0.1) is 5.10 Å². The number of carbonyl (C=O) groups excluding carboxylic acids is 1. The second-order valence-electron chi connectivity index (χ2n) is 5.89. The van der Waals surface area contributed by atoms with Crippen LogP contribution < -0.4 is 5.32 Å². The summed E-state index contributed by atoms with van der Waals surface area (Å²) in [5.41, 5.74) is 1.23. The van der Waals surface area contributed by atoms with Crippen LogP contribution in [0.3, 0.4) is 0 Å². The largest absolute Gasteiger partial charge is 0.345 e. The van der Waals surface area contributed by atoms with Crippen molar-refractivity contribution in [1.82, 2.24) is 39.7 Å². The molecule has 1 amide bonds. The molecule has 0 radical (unpaired) electrons. The Kier molecular flexibility index (Phi) is 3.60. The smallest absolute Gasteiger partial charge is 0.253 e. The molecule has 4 aromatic heterocycles. The maximum absolute atomic E-state index is 12.4. The zero-order chi connectivity index (χ0) is 17.4. The van der Waals surface area contributed by atoms with Gasteiger partial charge in [-0.1, -0.05) is 0 Å². The van der Waals surface area contributed by atoms with Crippen LogP contribution in [0.1, 0.15) is 36.1 Å². The number of carbonyl (C=O) groups is 1. The Balaban J connectivity index is 1.51. The molecule has 9 nitrogen and oxygen atoms in total. The molecule has 9 heteroatoms. The highest BCUT2D eigenvalue weighted by Crippen LogP contribution is 2.16. The number of fused-ring (bicyclic) bond motifs is 2. The Morgan fingerprint density at radius 3 is 2.96 bits per heavy atom. The quantitative estimate of drug-likeness (QED) is 0.604. The number of aromatic nitrogens is 7. The molecule has 0 fully saturated rings. The molecule has 25 heavy (non-hydrogen) atoms. The molecule has 1 N–H and O–H groups in total. The van der Waals surface area contributed by atoms with Gasteiger partial charge in [0.1, 0.15) is 0 Å². The molecule has 0 saturated carbocycles. The van der Waals surface area contributed by atoms with Crippen LogP contribution in [0.5, 0.6) is 0 Å². The van der Waals surface area contributed by atoms with Gasteiger partial charge in [-0.05, 0) is 26.0 Å². The van der Waals surface area contributed by atoms with Gasteiger partial charge >= 0.3 is 0 Å². The zero-order valence-corrected chi connectivity index (χ0v) is 13.8. The van der Waals surface area contributed by atoms with Crippen molar-refractivity contribution in [2.45, 2.75) is 26.4 Å². The number of hydrogen-bond acceptors (Lipinski definition) is 6. The van der Waals surface area contributed by atoms with Gasteiger partial charge in [-0.3, -0.25) is 4.79 Å². The van der Waals surface area contributed by atoms with Crippen LogP contribution in [0.15, 0.2) is 36.9 Å². The number of pyridine rings is 1. The summed E-state index contributed by atoms with van der Waals surface area (Å²) in [4.78, 5) is 25.1. The molecule has 4 heterocycles. The minimum absolute atomic E-state index is 0.208. The van der Waals surface area contributed by atoms with Gasteiger partial charge in [-0.2, -0.15) is 10.1 Å².